The zero-order valence-corrected chi connectivity index (χ0v) is 10.7. The van der Waals surface area contributed by atoms with Crippen molar-refractivity contribution >= 4 is 22.5 Å². The van der Waals surface area contributed by atoms with Crippen molar-refractivity contribution in [3.63, 3.8) is 0 Å². The predicted octanol–water partition coefficient (Wildman–Crippen LogP) is 3.61. The van der Waals surface area contributed by atoms with E-state index in [2.05, 4.69) is 59.5 Å². The van der Waals surface area contributed by atoms with E-state index in [9.17, 15) is 0 Å². The summed E-state index contributed by atoms with van der Waals surface area (Å²) in [6, 6.07) is 15.9. The maximum atomic E-state index is 3.64. The smallest absolute Gasteiger partial charge is 0.0412 e. The van der Waals surface area contributed by atoms with Crippen molar-refractivity contribution in [2.75, 3.05) is 18.1 Å². The Labute approximate surface area is 107 Å². The average molecular weight is 243 g/mol. The van der Waals surface area contributed by atoms with Gasteiger partial charge in [-0.05, 0) is 41.1 Å². The van der Waals surface area contributed by atoms with Crippen LogP contribution in [0.5, 0.6) is 0 Å². The maximum Gasteiger partial charge on any atom is 0.0412 e. The van der Waals surface area contributed by atoms with Crippen molar-refractivity contribution in [1.82, 2.24) is 5.32 Å². The summed E-state index contributed by atoms with van der Waals surface area (Å²) in [7, 11) is 0. The highest BCUT2D eigenvalue weighted by molar-refractivity contribution is 7.99. The highest BCUT2D eigenvalue weighted by Gasteiger charge is 2.13. The van der Waals surface area contributed by atoms with E-state index in [1.165, 1.54) is 34.3 Å². The van der Waals surface area contributed by atoms with E-state index in [-0.39, 0.29) is 0 Å². The fraction of sp³-hybridized carbons (Fsp3) is 0.333. The first kappa shape index (κ1) is 11.1. The molecular formula is C15H17NS. The van der Waals surface area contributed by atoms with Crippen LogP contribution in [0.3, 0.4) is 0 Å². The molecule has 17 heavy (non-hydrogen) atoms. The summed E-state index contributed by atoms with van der Waals surface area (Å²) in [6.07, 6.45) is 1.29. The van der Waals surface area contributed by atoms with E-state index in [0.29, 0.717) is 6.04 Å². The van der Waals surface area contributed by atoms with Gasteiger partial charge in [0.05, 0.1) is 0 Å². The molecule has 1 nitrogen and oxygen atoms in total. The van der Waals surface area contributed by atoms with Gasteiger partial charge in [-0.15, -0.1) is 0 Å². The summed E-state index contributed by atoms with van der Waals surface area (Å²) >= 11 is 2.06. The lowest BCUT2D eigenvalue weighted by Gasteiger charge is -2.16. The fourth-order valence-corrected chi connectivity index (χ4v) is 3.41. The SMILES string of the molecule is c1ccc2cc(C3CSCCCN3)ccc2c1. The van der Waals surface area contributed by atoms with Gasteiger partial charge in [0.1, 0.15) is 0 Å². The van der Waals surface area contributed by atoms with Crippen molar-refractivity contribution < 1.29 is 0 Å². The van der Waals surface area contributed by atoms with E-state index in [1.807, 2.05) is 0 Å². The number of benzene rings is 2. The maximum absolute atomic E-state index is 3.64. The van der Waals surface area contributed by atoms with Crippen molar-refractivity contribution in [2.24, 2.45) is 0 Å². The Bertz CT molecular complexity index is 501. The minimum Gasteiger partial charge on any atom is -0.309 e. The lowest BCUT2D eigenvalue weighted by atomic mass is 10.0. The van der Waals surface area contributed by atoms with Crippen LogP contribution in [-0.4, -0.2) is 18.1 Å². The number of fused-ring (bicyclic) bond motifs is 1. The summed E-state index contributed by atoms with van der Waals surface area (Å²) in [5.41, 5.74) is 1.43. The van der Waals surface area contributed by atoms with Crippen LogP contribution < -0.4 is 5.32 Å². The summed E-state index contributed by atoms with van der Waals surface area (Å²) in [6.45, 7) is 1.14. The molecule has 1 aliphatic rings. The van der Waals surface area contributed by atoms with Crippen LogP contribution in [0.4, 0.5) is 0 Å². The second kappa shape index (κ2) is 5.11. The quantitative estimate of drug-likeness (QED) is 0.821. The molecular weight excluding hydrogens is 226 g/mol. The Morgan fingerprint density at radius 1 is 1.06 bits per heavy atom. The third-order valence-corrected chi connectivity index (χ3v) is 4.46. The first-order valence-electron chi connectivity index (χ1n) is 6.23. The van der Waals surface area contributed by atoms with Gasteiger partial charge < -0.3 is 5.32 Å². The Morgan fingerprint density at radius 3 is 2.88 bits per heavy atom. The van der Waals surface area contributed by atoms with Gasteiger partial charge in [0, 0.05) is 11.8 Å². The molecule has 1 fully saturated rings. The molecule has 0 spiro atoms. The van der Waals surface area contributed by atoms with Crippen LogP contribution in [-0.2, 0) is 0 Å². The van der Waals surface area contributed by atoms with Gasteiger partial charge in [0.15, 0.2) is 0 Å². The van der Waals surface area contributed by atoms with Gasteiger partial charge >= 0.3 is 0 Å². The van der Waals surface area contributed by atoms with Crippen molar-refractivity contribution in [3.8, 4) is 0 Å². The minimum atomic E-state index is 0.520. The molecule has 1 heterocycles. The molecule has 0 radical (unpaired) electrons. The highest BCUT2D eigenvalue weighted by Crippen LogP contribution is 2.24. The van der Waals surface area contributed by atoms with E-state index < -0.39 is 0 Å². The Balaban J connectivity index is 1.93. The molecule has 1 aliphatic heterocycles. The molecule has 1 N–H and O–H groups in total. The molecule has 3 rings (SSSR count). The lowest BCUT2D eigenvalue weighted by molar-refractivity contribution is 0.590. The van der Waals surface area contributed by atoms with E-state index in [4.69, 9.17) is 0 Å². The summed E-state index contributed by atoms with van der Waals surface area (Å²) in [4.78, 5) is 0. The first-order chi connectivity index (χ1) is 8.43. The summed E-state index contributed by atoms with van der Waals surface area (Å²) in [5, 5.41) is 6.32. The van der Waals surface area contributed by atoms with Crippen LogP contribution in [0.2, 0.25) is 0 Å². The molecule has 0 aliphatic carbocycles. The zero-order valence-electron chi connectivity index (χ0n) is 9.86. The van der Waals surface area contributed by atoms with Crippen LogP contribution in [0.1, 0.15) is 18.0 Å². The van der Waals surface area contributed by atoms with Gasteiger partial charge in [-0.3, -0.25) is 0 Å². The molecule has 0 aromatic heterocycles. The molecule has 1 atom stereocenters. The molecule has 0 amide bonds. The number of hydrogen-bond acceptors (Lipinski definition) is 2. The molecule has 88 valence electrons. The van der Waals surface area contributed by atoms with Gasteiger partial charge in [-0.1, -0.05) is 36.4 Å². The molecule has 2 aromatic carbocycles. The lowest BCUT2D eigenvalue weighted by Crippen LogP contribution is -2.22. The van der Waals surface area contributed by atoms with Crippen molar-refractivity contribution in [3.05, 3.63) is 48.0 Å². The molecule has 0 bridgehead atoms. The number of hydrogen-bond donors (Lipinski definition) is 1. The van der Waals surface area contributed by atoms with Crippen LogP contribution in [0, 0.1) is 0 Å². The average Bonchev–Trinajstić information content (AvgIpc) is 2.67. The number of nitrogens with one attached hydrogen (secondary N) is 1. The van der Waals surface area contributed by atoms with Gasteiger partial charge in [-0.2, -0.15) is 11.8 Å². The van der Waals surface area contributed by atoms with Gasteiger partial charge in [0.2, 0.25) is 0 Å². The second-order valence-corrected chi connectivity index (χ2v) is 5.69. The molecule has 2 aromatic rings. The molecule has 1 unspecified atom stereocenters. The van der Waals surface area contributed by atoms with Crippen LogP contribution in [0.25, 0.3) is 10.8 Å². The molecule has 0 saturated carbocycles. The van der Waals surface area contributed by atoms with Crippen LogP contribution in [0.15, 0.2) is 42.5 Å². The van der Waals surface area contributed by atoms with Crippen LogP contribution >= 0.6 is 11.8 Å². The largest absolute Gasteiger partial charge is 0.309 e. The topological polar surface area (TPSA) is 12.0 Å². The third-order valence-electron chi connectivity index (χ3n) is 3.32. The van der Waals surface area contributed by atoms with Crippen molar-refractivity contribution in [1.29, 1.82) is 0 Å². The van der Waals surface area contributed by atoms with E-state index in [1.54, 1.807) is 0 Å². The Morgan fingerprint density at radius 2 is 1.94 bits per heavy atom. The molecule has 2 heteroatoms. The zero-order chi connectivity index (χ0) is 11.5. The molecule has 1 saturated heterocycles. The Kier molecular flexibility index (Phi) is 3.34. The normalized spacial score (nSPS) is 21.3. The Hall–Kier alpha value is -0.990. The van der Waals surface area contributed by atoms with E-state index in [0.717, 1.165) is 6.54 Å². The fourth-order valence-electron chi connectivity index (χ4n) is 2.35. The van der Waals surface area contributed by atoms with Crippen molar-refractivity contribution in [2.45, 2.75) is 12.5 Å². The monoisotopic (exact) mass is 243 g/mol. The number of thioether (sulfide) groups is 1. The number of rotatable bonds is 1. The summed E-state index contributed by atoms with van der Waals surface area (Å²) < 4.78 is 0. The second-order valence-electron chi connectivity index (χ2n) is 4.54. The third kappa shape index (κ3) is 2.48. The van der Waals surface area contributed by atoms with Gasteiger partial charge in [-0.25, -0.2) is 0 Å². The van der Waals surface area contributed by atoms with Gasteiger partial charge in [0.25, 0.3) is 0 Å². The predicted molar refractivity (Wildman–Crippen MR) is 76.6 cm³/mol. The highest BCUT2D eigenvalue weighted by atomic mass is 32.2. The summed E-state index contributed by atoms with van der Waals surface area (Å²) in [5.74, 6) is 2.48. The van der Waals surface area contributed by atoms with E-state index >= 15 is 0 Å². The minimum absolute atomic E-state index is 0.520. The first-order valence-corrected chi connectivity index (χ1v) is 7.39. The standard InChI is InChI=1S/C15H17NS/c1-2-5-13-10-14(7-6-12(13)4-1)15-11-17-9-3-8-16-15/h1-2,4-7,10,15-16H,3,8-9,11H2.